The number of aliphatic hydroxyl groups is 1. The number of rotatable bonds is 3. The summed E-state index contributed by atoms with van der Waals surface area (Å²) in [5.74, 6) is -0.134. The Morgan fingerprint density at radius 2 is 2.05 bits per heavy atom. The summed E-state index contributed by atoms with van der Waals surface area (Å²) in [7, 11) is 0. The third-order valence-corrected chi connectivity index (χ3v) is 4.77. The van der Waals surface area contributed by atoms with E-state index in [9.17, 15) is 15.0 Å². The Morgan fingerprint density at radius 1 is 1.35 bits per heavy atom. The number of nitrogens with one attached hydrogen (secondary N) is 2. The highest BCUT2D eigenvalue weighted by atomic mass is 16.3. The van der Waals surface area contributed by atoms with Crippen LogP contribution in [0.3, 0.4) is 0 Å². The first-order valence-electron chi connectivity index (χ1n) is 7.01. The number of carbonyl (C=O) groups excluding carboxylic acids is 1. The Hall–Kier alpha value is -1.59. The number of aryl methyl sites for hydroxylation is 1. The van der Waals surface area contributed by atoms with E-state index in [4.69, 9.17) is 0 Å². The molecule has 1 saturated heterocycles. The molecule has 0 spiro atoms. The number of anilines is 1. The Balaban J connectivity index is 1.83. The van der Waals surface area contributed by atoms with Gasteiger partial charge in [0.05, 0.1) is 11.1 Å². The van der Waals surface area contributed by atoms with E-state index in [1.54, 1.807) is 18.2 Å². The molecule has 0 bridgehead atoms. The lowest BCUT2D eigenvalue weighted by Crippen LogP contribution is -2.73. The Bertz CT molecular complexity index is 548. The topological polar surface area (TPSA) is 81.6 Å². The van der Waals surface area contributed by atoms with Gasteiger partial charge in [0.2, 0.25) is 5.91 Å². The first kappa shape index (κ1) is 13.4. The van der Waals surface area contributed by atoms with Crippen molar-refractivity contribution in [3.63, 3.8) is 0 Å². The van der Waals surface area contributed by atoms with Gasteiger partial charge in [-0.2, -0.15) is 0 Å². The van der Waals surface area contributed by atoms with Gasteiger partial charge in [0, 0.05) is 13.1 Å². The molecule has 0 radical (unpaired) electrons. The number of carbonyl (C=O) groups is 1. The van der Waals surface area contributed by atoms with Crippen LogP contribution in [-0.2, 0) is 4.79 Å². The average molecular weight is 276 g/mol. The lowest BCUT2D eigenvalue weighted by Gasteiger charge is -2.56. The maximum absolute atomic E-state index is 12.6. The van der Waals surface area contributed by atoms with E-state index in [0.717, 1.165) is 12.0 Å². The number of phenols is 1. The van der Waals surface area contributed by atoms with Crippen LogP contribution in [0.2, 0.25) is 0 Å². The molecular weight excluding hydrogens is 256 g/mol. The number of amides is 1. The number of aromatic hydroxyl groups is 1. The van der Waals surface area contributed by atoms with Crippen LogP contribution in [0.4, 0.5) is 5.69 Å². The molecule has 3 rings (SSSR count). The van der Waals surface area contributed by atoms with Crippen molar-refractivity contribution in [3.8, 4) is 5.75 Å². The van der Waals surface area contributed by atoms with E-state index in [1.807, 2.05) is 6.92 Å². The molecule has 1 amide bonds. The number of hydrogen-bond donors (Lipinski definition) is 4. The zero-order chi connectivity index (χ0) is 14.4. The van der Waals surface area contributed by atoms with Crippen molar-refractivity contribution in [2.45, 2.75) is 31.8 Å². The molecule has 5 heteroatoms. The van der Waals surface area contributed by atoms with E-state index in [0.29, 0.717) is 31.6 Å². The van der Waals surface area contributed by atoms with Crippen LogP contribution in [-0.4, -0.2) is 34.8 Å². The zero-order valence-electron chi connectivity index (χ0n) is 11.6. The van der Waals surface area contributed by atoms with E-state index in [1.165, 1.54) is 0 Å². The van der Waals surface area contributed by atoms with Crippen LogP contribution in [0.1, 0.15) is 24.8 Å². The molecule has 1 aromatic rings. The predicted octanol–water partition coefficient (Wildman–Crippen LogP) is 1.14. The van der Waals surface area contributed by atoms with Crippen molar-refractivity contribution in [1.29, 1.82) is 0 Å². The van der Waals surface area contributed by atoms with Crippen LogP contribution in [0.15, 0.2) is 18.2 Å². The van der Waals surface area contributed by atoms with E-state index in [-0.39, 0.29) is 11.7 Å². The summed E-state index contributed by atoms with van der Waals surface area (Å²) in [6.45, 7) is 2.82. The Labute approximate surface area is 118 Å². The summed E-state index contributed by atoms with van der Waals surface area (Å²) < 4.78 is 0. The summed E-state index contributed by atoms with van der Waals surface area (Å²) >= 11 is 0. The lowest BCUT2D eigenvalue weighted by molar-refractivity contribution is -0.173. The van der Waals surface area contributed by atoms with Crippen molar-refractivity contribution < 1.29 is 15.0 Å². The second-order valence-electron chi connectivity index (χ2n) is 6.05. The molecule has 0 aromatic heterocycles. The minimum absolute atomic E-state index is 0.0529. The maximum atomic E-state index is 12.6. The molecule has 20 heavy (non-hydrogen) atoms. The largest absolute Gasteiger partial charge is 0.506 e. The number of hydrogen-bond acceptors (Lipinski definition) is 4. The summed E-state index contributed by atoms with van der Waals surface area (Å²) in [5, 5.41) is 26.2. The van der Waals surface area contributed by atoms with Crippen molar-refractivity contribution in [3.05, 3.63) is 23.8 Å². The lowest BCUT2D eigenvalue weighted by atomic mass is 9.56. The first-order valence-corrected chi connectivity index (χ1v) is 7.01. The van der Waals surface area contributed by atoms with Crippen LogP contribution in [0, 0.1) is 12.3 Å². The minimum atomic E-state index is -0.950. The van der Waals surface area contributed by atoms with Gasteiger partial charge in [0.1, 0.15) is 11.4 Å². The van der Waals surface area contributed by atoms with Gasteiger partial charge < -0.3 is 20.8 Å². The van der Waals surface area contributed by atoms with Gasteiger partial charge in [-0.3, -0.25) is 4.79 Å². The van der Waals surface area contributed by atoms with Crippen molar-refractivity contribution in [2.24, 2.45) is 5.41 Å². The molecule has 1 aliphatic carbocycles. The molecule has 5 nitrogen and oxygen atoms in total. The molecular formula is C15H20N2O3. The molecule has 108 valence electrons. The molecule has 0 atom stereocenters. The molecule has 1 heterocycles. The van der Waals surface area contributed by atoms with Crippen LogP contribution >= 0.6 is 0 Å². The summed E-state index contributed by atoms with van der Waals surface area (Å²) in [5.41, 5.74) is -0.287. The van der Waals surface area contributed by atoms with E-state index < -0.39 is 11.0 Å². The minimum Gasteiger partial charge on any atom is -0.506 e. The highest BCUT2D eigenvalue weighted by Crippen LogP contribution is 2.51. The Morgan fingerprint density at radius 3 is 2.55 bits per heavy atom. The van der Waals surface area contributed by atoms with Gasteiger partial charge >= 0.3 is 0 Å². The maximum Gasteiger partial charge on any atom is 0.233 e. The quantitative estimate of drug-likeness (QED) is 0.624. The highest BCUT2D eigenvalue weighted by Gasteiger charge is 2.61. The monoisotopic (exact) mass is 276 g/mol. The van der Waals surface area contributed by atoms with E-state index >= 15 is 0 Å². The highest BCUT2D eigenvalue weighted by molar-refractivity contribution is 5.98. The number of benzene rings is 1. The third-order valence-electron chi connectivity index (χ3n) is 4.77. The fraction of sp³-hybridized carbons (Fsp3) is 0.533. The number of β-amino-alcohol motifs (C(OH)–C–C–N with tert-alkyl or cyclic N) is 1. The van der Waals surface area contributed by atoms with E-state index in [2.05, 4.69) is 10.6 Å². The second kappa shape index (κ2) is 4.46. The molecule has 1 saturated carbocycles. The second-order valence-corrected chi connectivity index (χ2v) is 6.05. The van der Waals surface area contributed by atoms with Crippen LogP contribution in [0.25, 0.3) is 0 Å². The van der Waals surface area contributed by atoms with Crippen molar-refractivity contribution >= 4 is 11.6 Å². The fourth-order valence-corrected chi connectivity index (χ4v) is 3.13. The van der Waals surface area contributed by atoms with Crippen molar-refractivity contribution in [1.82, 2.24) is 5.32 Å². The molecule has 1 aromatic carbocycles. The summed E-state index contributed by atoms with van der Waals surface area (Å²) in [4.78, 5) is 12.6. The molecule has 2 aliphatic rings. The first-order chi connectivity index (χ1) is 9.47. The standard InChI is InChI=1S/C15H20N2O3/c1-10-3-4-12(18)11(7-10)17-13(19)14(5-2-6-14)15(20)8-16-9-15/h3-4,7,16,18,20H,2,5-6,8-9H2,1H3,(H,17,19). The van der Waals surface area contributed by atoms with Gasteiger partial charge in [0.15, 0.2) is 0 Å². The molecule has 0 unspecified atom stereocenters. The van der Waals surface area contributed by atoms with Gasteiger partial charge in [-0.15, -0.1) is 0 Å². The molecule has 1 aliphatic heterocycles. The normalized spacial score (nSPS) is 22.5. The third kappa shape index (κ3) is 1.81. The SMILES string of the molecule is Cc1ccc(O)c(NC(=O)C2(C3(O)CNC3)CCC2)c1. The summed E-state index contributed by atoms with van der Waals surface area (Å²) in [6, 6.07) is 5.09. The van der Waals surface area contributed by atoms with Crippen molar-refractivity contribution in [2.75, 3.05) is 18.4 Å². The molecule has 4 N–H and O–H groups in total. The smallest absolute Gasteiger partial charge is 0.233 e. The Kier molecular flexibility index (Phi) is 2.99. The molecule has 2 fully saturated rings. The van der Waals surface area contributed by atoms with Gasteiger partial charge in [-0.25, -0.2) is 0 Å². The van der Waals surface area contributed by atoms with Gasteiger partial charge in [-0.1, -0.05) is 12.5 Å². The summed E-state index contributed by atoms with van der Waals surface area (Å²) in [6.07, 6.45) is 2.35. The van der Waals surface area contributed by atoms with Gasteiger partial charge in [0.25, 0.3) is 0 Å². The number of phenolic OH excluding ortho intramolecular Hbond substituents is 1. The average Bonchev–Trinajstić information content (AvgIpc) is 2.30. The fourth-order valence-electron chi connectivity index (χ4n) is 3.13. The van der Waals surface area contributed by atoms with Crippen LogP contribution in [0.5, 0.6) is 5.75 Å². The van der Waals surface area contributed by atoms with Crippen LogP contribution < -0.4 is 10.6 Å². The zero-order valence-corrected chi connectivity index (χ0v) is 11.6. The van der Waals surface area contributed by atoms with Gasteiger partial charge in [-0.05, 0) is 37.5 Å². The predicted molar refractivity (Wildman–Crippen MR) is 75.6 cm³/mol.